The number of carboxylic acid groups (broad SMARTS) is 1. The minimum Gasteiger partial charge on any atom is -0.480 e. The number of aryl methyl sites for hydroxylation is 1. The Morgan fingerprint density at radius 2 is 1.88 bits per heavy atom. The first kappa shape index (κ1) is 18.2. The van der Waals surface area contributed by atoms with Gasteiger partial charge in [0.05, 0.1) is 6.54 Å². The zero-order valence-electron chi connectivity index (χ0n) is 14.3. The van der Waals surface area contributed by atoms with E-state index in [2.05, 4.69) is 10.2 Å². The number of benzene rings is 1. The van der Waals surface area contributed by atoms with E-state index in [0.29, 0.717) is 29.8 Å². The Hall–Kier alpha value is -1.59. The monoisotopic (exact) mass is 364 g/mol. The van der Waals surface area contributed by atoms with Gasteiger partial charge in [0.2, 0.25) is 5.91 Å². The molecule has 6 heteroatoms. The number of hydrogen-bond acceptors (Lipinski definition) is 3. The maximum absolute atomic E-state index is 12.1. The molecular weight excluding hydrogens is 340 g/mol. The Morgan fingerprint density at radius 1 is 1.20 bits per heavy atom. The van der Waals surface area contributed by atoms with E-state index in [1.807, 2.05) is 24.3 Å². The molecule has 0 heterocycles. The van der Waals surface area contributed by atoms with E-state index in [1.165, 1.54) is 12.8 Å². The first-order chi connectivity index (χ1) is 12.0. The zero-order chi connectivity index (χ0) is 17.8. The van der Waals surface area contributed by atoms with Gasteiger partial charge in [-0.2, -0.15) is 0 Å². The highest BCUT2D eigenvalue weighted by atomic mass is 35.5. The number of hydrogen-bond donors (Lipinski definition) is 2. The van der Waals surface area contributed by atoms with Gasteiger partial charge < -0.3 is 10.4 Å². The molecule has 5 nitrogen and oxygen atoms in total. The molecule has 0 atom stereocenters. The van der Waals surface area contributed by atoms with Crippen molar-refractivity contribution in [2.75, 3.05) is 13.1 Å². The molecule has 136 valence electrons. The molecule has 1 aromatic rings. The summed E-state index contributed by atoms with van der Waals surface area (Å²) in [6.07, 6.45) is 5.30. The summed E-state index contributed by atoms with van der Waals surface area (Å²) in [5, 5.41) is 12.8. The van der Waals surface area contributed by atoms with Crippen LogP contribution in [-0.4, -0.2) is 47.1 Å². The second kappa shape index (κ2) is 8.19. The van der Waals surface area contributed by atoms with Crippen molar-refractivity contribution < 1.29 is 14.7 Å². The molecule has 25 heavy (non-hydrogen) atoms. The highest BCUT2D eigenvalue weighted by Gasteiger charge is 2.37. The number of nitrogens with one attached hydrogen (secondary N) is 1. The molecular formula is C19H25ClN2O3. The number of rotatable bonds is 9. The largest absolute Gasteiger partial charge is 0.480 e. The third-order valence-corrected chi connectivity index (χ3v) is 5.33. The molecule has 0 saturated heterocycles. The molecule has 0 unspecified atom stereocenters. The van der Waals surface area contributed by atoms with Crippen molar-refractivity contribution in [3.05, 3.63) is 34.9 Å². The average Bonchev–Trinajstić information content (AvgIpc) is 3.33. The number of carbonyl (C=O) groups excluding carboxylic acids is 1. The fraction of sp³-hybridized carbons (Fsp3) is 0.579. The number of carbonyl (C=O) groups is 2. The van der Waals surface area contributed by atoms with Gasteiger partial charge in [0.25, 0.3) is 0 Å². The predicted molar refractivity (Wildman–Crippen MR) is 96.7 cm³/mol. The number of amides is 1. The predicted octanol–water partition coefficient (Wildman–Crippen LogP) is 2.72. The molecule has 0 spiro atoms. The van der Waals surface area contributed by atoms with Crippen LogP contribution in [0.3, 0.4) is 0 Å². The van der Waals surface area contributed by atoms with Crippen LogP contribution in [-0.2, 0) is 16.0 Å². The van der Waals surface area contributed by atoms with Gasteiger partial charge in [-0.3, -0.25) is 14.5 Å². The maximum atomic E-state index is 12.1. The molecule has 2 aliphatic rings. The Kier molecular flexibility index (Phi) is 5.97. The first-order valence-corrected chi connectivity index (χ1v) is 9.37. The maximum Gasteiger partial charge on any atom is 0.317 e. The number of nitrogens with zero attached hydrogens (tertiary/aromatic N) is 1. The van der Waals surface area contributed by atoms with Crippen LogP contribution in [0.5, 0.6) is 0 Å². The molecule has 3 rings (SSSR count). The van der Waals surface area contributed by atoms with Crippen LogP contribution < -0.4 is 5.32 Å². The van der Waals surface area contributed by atoms with Crippen molar-refractivity contribution in [3.8, 4) is 0 Å². The molecule has 1 aromatic carbocycles. The molecule has 0 radical (unpaired) electrons. The van der Waals surface area contributed by atoms with E-state index >= 15 is 0 Å². The molecule has 1 amide bonds. The Labute approximate surface area is 153 Å². The Morgan fingerprint density at radius 3 is 2.48 bits per heavy atom. The van der Waals surface area contributed by atoms with Gasteiger partial charge in [0, 0.05) is 30.1 Å². The van der Waals surface area contributed by atoms with Crippen molar-refractivity contribution in [2.24, 2.45) is 5.92 Å². The van der Waals surface area contributed by atoms with E-state index < -0.39 is 5.97 Å². The van der Waals surface area contributed by atoms with Gasteiger partial charge in [-0.15, -0.1) is 0 Å². The van der Waals surface area contributed by atoms with Crippen molar-refractivity contribution in [3.63, 3.8) is 0 Å². The van der Waals surface area contributed by atoms with Crippen LogP contribution in [0.15, 0.2) is 24.3 Å². The average molecular weight is 365 g/mol. The van der Waals surface area contributed by atoms with Gasteiger partial charge in [-0.05, 0) is 55.7 Å². The van der Waals surface area contributed by atoms with E-state index in [1.54, 1.807) is 0 Å². The summed E-state index contributed by atoms with van der Waals surface area (Å²) < 4.78 is 0. The summed E-state index contributed by atoms with van der Waals surface area (Å²) in [5.74, 6) is -0.0335. The van der Waals surface area contributed by atoms with Crippen LogP contribution in [0.2, 0.25) is 5.02 Å². The Bertz CT molecular complexity index is 610. The van der Waals surface area contributed by atoms with E-state index in [-0.39, 0.29) is 18.5 Å². The van der Waals surface area contributed by atoms with Crippen LogP contribution in [0.25, 0.3) is 0 Å². The molecule has 0 aromatic heterocycles. The topological polar surface area (TPSA) is 69.6 Å². The van der Waals surface area contributed by atoms with E-state index in [0.717, 1.165) is 24.9 Å². The summed E-state index contributed by atoms with van der Waals surface area (Å²) in [6.45, 7) is 0.993. The highest BCUT2D eigenvalue weighted by molar-refractivity contribution is 6.30. The minimum atomic E-state index is -0.767. The minimum absolute atomic E-state index is 0.0605. The van der Waals surface area contributed by atoms with Crippen molar-refractivity contribution in [1.29, 1.82) is 0 Å². The van der Waals surface area contributed by atoms with Crippen molar-refractivity contribution in [2.45, 2.75) is 50.6 Å². The zero-order valence-corrected chi connectivity index (χ0v) is 15.0. The van der Waals surface area contributed by atoms with E-state index in [4.69, 9.17) is 16.7 Å². The second-order valence-corrected chi connectivity index (χ2v) is 7.72. The highest BCUT2D eigenvalue weighted by Crippen LogP contribution is 2.33. The first-order valence-electron chi connectivity index (χ1n) is 8.99. The van der Waals surface area contributed by atoms with Gasteiger partial charge in [-0.1, -0.05) is 23.7 Å². The fourth-order valence-corrected chi connectivity index (χ4v) is 3.49. The third kappa shape index (κ3) is 5.72. The fourth-order valence-electron chi connectivity index (χ4n) is 3.36. The lowest BCUT2D eigenvalue weighted by atomic mass is 9.85. The lowest BCUT2D eigenvalue weighted by Gasteiger charge is -2.42. The summed E-state index contributed by atoms with van der Waals surface area (Å²) in [4.78, 5) is 25.2. The SMILES string of the molecule is O=C(O)CN(CC1CC1)C1CC(NC(=O)CCc2ccc(Cl)cc2)C1. The van der Waals surface area contributed by atoms with Crippen LogP contribution in [0.1, 0.15) is 37.7 Å². The molecule has 2 N–H and O–H groups in total. The van der Waals surface area contributed by atoms with Gasteiger partial charge in [-0.25, -0.2) is 0 Å². The van der Waals surface area contributed by atoms with Crippen LogP contribution >= 0.6 is 11.6 Å². The number of aliphatic carboxylic acids is 1. The summed E-state index contributed by atoms with van der Waals surface area (Å²) >= 11 is 5.86. The quantitative estimate of drug-likeness (QED) is 0.706. The molecule has 2 saturated carbocycles. The van der Waals surface area contributed by atoms with Crippen molar-refractivity contribution >= 4 is 23.5 Å². The van der Waals surface area contributed by atoms with Gasteiger partial charge in [0.1, 0.15) is 0 Å². The molecule has 2 aliphatic carbocycles. The summed E-state index contributed by atoms with van der Waals surface area (Å²) in [7, 11) is 0. The normalized spacial score (nSPS) is 22.5. The summed E-state index contributed by atoms with van der Waals surface area (Å²) in [6, 6.07) is 8.02. The number of halogens is 1. The lowest BCUT2D eigenvalue weighted by Crippen LogP contribution is -2.55. The Balaban J connectivity index is 1.37. The number of carboxylic acids is 1. The third-order valence-electron chi connectivity index (χ3n) is 5.08. The van der Waals surface area contributed by atoms with Gasteiger partial charge in [0.15, 0.2) is 0 Å². The molecule has 0 bridgehead atoms. The lowest BCUT2D eigenvalue weighted by molar-refractivity contribution is -0.140. The second-order valence-electron chi connectivity index (χ2n) is 7.28. The van der Waals surface area contributed by atoms with E-state index in [9.17, 15) is 9.59 Å². The molecule has 0 aliphatic heterocycles. The van der Waals surface area contributed by atoms with Crippen LogP contribution in [0.4, 0.5) is 0 Å². The van der Waals surface area contributed by atoms with Crippen LogP contribution in [0, 0.1) is 5.92 Å². The standard InChI is InChI=1S/C19H25ClN2O3/c20-15-6-3-13(4-7-15)5-8-18(23)21-16-9-17(10-16)22(12-19(24)25)11-14-1-2-14/h3-4,6-7,14,16-17H,1-2,5,8-12H2,(H,21,23)(H,24,25). The smallest absolute Gasteiger partial charge is 0.317 e. The van der Waals surface area contributed by atoms with Gasteiger partial charge >= 0.3 is 5.97 Å². The van der Waals surface area contributed by atoms with Crippen molar-refractivity contribution in [1.82, 2.24) is 10.2 Å². The molecule has 2 fully saturated rings. The summed E-state index contributed by atoms with van der Waals surface area (Å²) in [5.41, 5.74) is 1.10.